The summed E-state index contributed by atoms with van der Waals surface area (Å²) in [6, 6.07) is 8.29. The number of rotatable bonds is 3. The van der Waals surface area contributed by atoms with Gasteiger partial charge in [0.05, 0.1) is 21.6 Å². The van der Waals surface area contributed by atoms with Gasteiger partial charge in [-0.05, 0) is 50.6 Å². The molecule has 0 radical (unpaired) electrons. The van der Waals surface area contributed by atoms with Gasteiger partial charge in [-0.15, -0.1) is 22.7 Å². The van der Waals surface area contributed by atoms with Gasteiger partial charge < -0.3 is 10.6 Å². The molecule has 1 aliphatic heterocycles. The Labute approximate surface area is 164 Å². The average molecular weight is 399 g/mol. The molecule has 0 amide bonds. The van der Waals surface area contributed by atoms with E-state index in [0.717, 1.165) is 27.1 Å². The molecule has 138 valence electrons. The second-order valence-electron chi connectivity index (χ2n) is 6.97. The second kappa shape index (κ2) is 6.82. The zero-order chi connectivity index (χ0) is 18.4. The van der Waals surface area contributed by atoms with Crippen LogP contribution >= 0.6 is 22.7 Å². The summed E-state index contributed by atoms with van der Waals surface area (Å²) in [5.41, 5.74) is 3.42. The van der Waals surface area contributed by atoms with E-state index in [1.165, 1.54) is 29.1 Å². The minimum absolute atomic E-state index is 0.306. The molecule has 4 nitrogen and oxygen atoms in total. The van der Waals surface area contributed by atoms with E-state index in [1.807, 2.05) is 12.1 Å². The third kappa shape index (κ3) is 2.99. The summed E-state index contributed by atoms with van der Waals surface area (Å²) in [5, 5.41) is 7.88. The van der Waals surface area contributed by atoms with E-state index in [-0.39, 0.29) is 5.82 Å². The molecule has 0 aliphatic carbocycles. The minimum atomic E-state index is -0.306. The molecule has 4 aromatic rings. The SMILES string of the molecule is C[C@H]1NCCCC1c1cc2c(Nc3ccc4scnc4c3F)ccnc2s1. The standard InChI is InChI=1S/C20H19FN4S2/c1-11-12(3-2-7-22-11)17-9-13-14(6-8-23-20(13)27-17)25-15-4-5-16-19(18(15)21)24-10-26-16/h4-6,8-12,22H,2-3,7H2,1H3,(H,23,25)/t11-,12?/m1/s1. The van der Waals surface area contributed by atoms with Crippen LogP contribution in [0.1, 0.15) is 30.6 Å². The highest BCUT2D eigenvalue weighted by Crippen LogP contribution is 2.39. The molecule has 2 N–H and O–H groups in total. The van der Waals surface area contributed by atoms with Crippen LogP contribution in [-0.4, -0.2) is 22.6 Å². The number of hydrogen-bond acceptors (Lipinski definition) is 6. The molecule has 1 aliphatic rings. The molecule has 1 aromatic carbocycles. The van der Waals surface area contributed by atoms with Gasteiger partial charge in [0, 0.05) is 28.4 Å². The molecule has 27 heavy (non-hydrogen) atoms. The molecular formula is C20H19FN4S2. The van der Waals surface area contributed by atoms with E-state index >= 15 is 0 Å². The third-order valence-corrected chi connectivity index (χ3v) is 7.26. The van der Waals surface area contributed by atoms with Crippen molar-refractivity contribution < 1.29 is 4.39 Å². The molecule has 5 rings (SSSR count). The van der Waals surface area contributed by atoms with E-state index in [0.29, 0.717) is 23.2 Å². The van der Waals surface area contributed by atoms with Crippen LogP contribution in [0.25, 0.3) is 20.4 Å². The highest BCUT2D eigenvalue weighted by molar-refractivity contribution is 7.18. The lowest BCUT2D eigenvalue weighted by atomic mass is 9.90. The maximum atomic E-state index is 14.8. The average Bonchev–Trinajstić information content (AvgIpc) is 3.32. The van der Waals surface area contributed by atoms with Crippen molar-refractivity contribution in [2.75, 3.05) is 11.9 Å². The Hall–Kier alpha value is -2.09. The lowest BCUT2D eigenvalue weighted by Gasteiger charge is -2.29. The Kier molecular flexibility index (Phi) is 4.30. The van der Waals surface area contributed by atoms with Crippen molar-refractivity contribution in [2.24, 2.45) is 0 Å². The van der Waals surface area contributed by atoms with Crippen molar-refractivity contribution in [3.05, 3.63) is 46.7 Å². The zero-order valence-electron chi connectivity index (χ0n) is 14.8. The maximum Gasteiger partial charge on any atom is 0.173 e. The molecule has 1 saturated heterocycles. The number of benzene rings is 1. The van der Waals surface area contributed by atoms with Crippen molar-refractivity contribution in [3.63, 3.8) is 0 Å². The number of halogens is 1. The number of thiazole rings is 1. The highest BCUT2D eigenvalue weighted by atomic mass is 32.1. The fourth-order valence-corrected chi connectivity index (χ4v) is 5.76. The van der Waals surface area contributed by atoms with Gasteiger partial charge in [0.25, 0.3) is 0 Å². The minimum Gasteiger partial charge on any atom is -0.352 e. The number of aromatic nitrogens is 2. The van der Waals surface area contributed by atoms with E-state index in [9.17, 15) is 4.39 Å². The Morgan fingerprint density at radius 3 is 3.04 bits per heavy atom. The predicted octanol–water partition coefficient (Wildman–Crippen LogP) is 5.64. The van der Waals surface area contributed by atoms with Gasteiger partial charge in [-0.1, -0.05) is 0 Å². The van der Waals surface area contributed by atoms with Crippen molar-refractivity contribution in [1.82, 2.24) is 15.3 Å². The molecular weight excluding hydrogens is 379 g/mol. The van der Waals surface area contributed by atoms with Gasteiger partial charge in [-0.25, -0.2) is 14.4 Å². The molecule has 0 bridgehead atoms. The smallest absolute Gasteiger partial charge is 0.173 e. The van der Waals surface area contributed by atoms with Gasteiger partial charge in [-0.3, -0.25) is 0 Å². The largest absolute Gasteiger partial charge is 0.352 e. The van der Waals surface area contributed by atoms with Crippen LogP contribution in [-0.2, 0) is 0 Å². The first-order chi connectivity index (χ1) is 13.2. The molecule has 0 spiro atoms. The van der Waals surface area contributed by atoms with Crippen molar-refractivity contribution in [3.8, 4) is 0 Å². The Morgan fingerprint density at radius 2 is 2.15 bits per heavy atom. The molecule has 4 heterocycles. The topological polar surface area (TPSA) is 49.8 Å². The van der Waals surface area contributed by atoms with Crippen LogP contribution in [0.3, 0.4) is 0 Å². The first-order valence-corrected chi connectivity index (χ1v) is 10.8. The monoisotopic (exact) mass is 398 g/mol. The summed E-state index contributed by atoms with van der Waals surface area (Å²) >= 11 is 3.19. The summed E-state index contributed by atoms with van der Waals surface area (Å²) < 4.78 is 15.7. The van der Waals surface area contributed by atoms with Gasteiger partial charge in [0.2, 0.25) is 0 Å². The van der Waals surface area contributed by atoms with Crippen LogP contribution in [0.15, 0.2) is 36.0 Å². The number of piperidine rings is 1. The molecule has 7 heteroatoms. The Morgan fingerprint density at radius 1 is 1.22 bits per heavy atom. The number of pyridine rings is 1. The summed E-state index contributed by atoms with van der Waals surface area (Å²) in [6.07, 6.45) is 4.17. The van der Waals surface area contributed by atoms with Gasteiger partial charge in [0.1, 0.15) is 10.3 Å². The molecule has 0 saturated carbocycles. The predicted molar refractivity (Wildman–Crippen MR) is 112 cm³/mol. The number of fused-ring (bicyclic) bond motifs is 2. The van der Waals surface area contributed by atoms with Gasteiger partial charge in [0.15, 0.2) is 5.82 Å². The van der Waals surface area contributed by atoms with Crippen molar-refractivity contribution in [2.45, 2.75) is 31.7 Å². The Bertz CT molecular complexity index is 1120. The lowest BCUT2D eigenvalue weighted by Crippen LogP contribution is -2.37. The number of nitrogens with zero attached hydrogens (tertiary/aromatic N) is 2. The first kappa shape index (κ1) is 17.0. The maximum absolute atomic E-state index is 14.8. The number of thiophene rings is 1. The molecule has 1 fully saturated rings. The van der Waals surface area contributed by atoms with Gasteiger partial charge >= 0.3 is 0 Å². The molecule has 1 unspecified atom stereocenters. The van der Waals surface area contributed by atoms with E-state index < -0.39 is 0 Å². The summed E-state index contributed by atoms with van der Waals surface area (Å²) in [4.78, 5) is 11.0. The Balaban J connectivity index is 1.53. The number of nitrogens with one attached hydrogen (secondary N) is 2. The quantitative estimate of drug-likeness (QED) is 0.469. The number of anilines is 2. The van der Waals surface area contributed by atoms with E-state index in [2.05, 4.69) is 33.6 Å². The van der Waals surface area contributed by atoms with Gasteiger partial charge in [-0.2, -0.15) is 0 Å². The molecule has 2 atom stereocenters. The summed E-state index contributed by atoms with van der Waals surface area (Å²) in [7, 11) is 0. The first-order valence-electron chi connectivity index (χ1n) is 9.11. The molecule has 3 aromatic heterocycles. The van der Waals surface area contributed by atoms with Crippen LogP contribution in [0, 0.1) is 5.82 Å². The van der Waals surface area contributed by atoms with E-state index in [4.69, 9.17) is 0 Å². The summed E-state index contributed by atoms with van der Waals surface area (Å²) in [5.74, 6) is 0.202. The van der Waals surface area contributed by atoms with Crippen molar-refractivity contribution in [1.29, 1.82) is 0 Å². The van der Waals surface area contributed by atoms with Crippen LogP contribution in [0.4, 0.5) is 15.8 Å². The van der Waals surface area contributed by atoms with Crippen LogP contribution < -0.4 is 10.6 Å². The van der Waals surface area contributed by atoms with Crippen LogP contribution in [0.2, 0.25) is 0 Å². The number of hydrogen-bond donors (Lipinski definition) is 2. The van der Waals surface area contributed by atoms with Crippen molar-refractivity contribution >= 4 is 54.5 Å². The fraction of sp³-hybridized carbons (Fsp3) is 0.300. The normalized spacial score (nSPS) is 20.4. The zero-order valence-corrected chi connectivity index (χ0v) is 16.5. The summed E-state index contributed by atoms with van der Waals surface area (Å²) in [6.45, 7) is 3.34. The fourth-order valence-electron chi connectivity index (χ4n) is 3.82. The van der Waals surface area contributed by atoms with E-state index in [1.54, 1.807) is 29.1 Å². The van der Waals surface area contributed by atoms with Crippen LogP contribution in [0.5, 0.6) is 0 Å². The lowest BCUT2D eigenvalue weighted by molar-refractivity contribution is 0.375. The third-order valence-electron chi connectivity index (χ3n) is 5.29. The second-order valence-corrected chi connectivity index (χ2v) is 8.92. The highest BCUT2D eigenvalue weighted by Gasteiger charge is 2.25.